The lowest BCUT2D eigenvalue weighted by molar-refractivity contribution is -0.162. The minimum atomic E-state index is -1.92. The fraction of sp³-hybridized carbons (Fsp3) is 0.739. The fourth-order valence-corrected chi connectivity index (χ4v) is 8.86. The summed E-state index contributed by atoms with van der Waals surface area (Å²) in [7, 11) is -0.459. The first-order valence-electron chi connectivity index (χ1n) is 10.9. The van der Waals surface area contributed by atoms with E-state index in [1.807, 2.05) is 6.92 Å². The van der Waals surface area contributed by atoms with Gasteiger partial charge in [0.15, 0.2) is 8.32 Å². The Morgan fingerprint density at radius 3 is 2.83 bits per heavy atom. The van der Waals surface area contributed by atoms with E-state index in [9.17, 15) is 9.59 Å². The molecule has 4 aliphatic carbocycles. The van der Waals surface area contributed by atoms with Crippen molar-refractivity contribution in [2.24, 2.45) is 34.5 Å². The quantitative estimate of drug-likeness (QED) is 0.391. The van der Waals surface area contributed by atoms with Crippen LogP contribution in [0, 0.1) is 34.5 Å². The van der Waals surface area contributed by atoms with Crippen LogP contribution in [0.3, 0.4) is 0 Å². The van der Waals surface area contributed by atoms with Crippen LogP contribution >= 0.6 is 0 Å². The molecule has 29 heavy (non-hydrogen) atoms. The van der Waals surface area contributed by atoms with Crippen molar-refractivity contribution < 1.29 is 23.5 Å². The number of ether oxygens (including phenoxy) is 2. The van der Waals surface area contributed by atoms with E-state index in [4.69, 9.17) is 13.9 Å². The van der Waals surface area contributed by atoms with Gasteiger partial charge in [-0.3, -0.25) is 9.59 Å². The Morgan fingerprint density at radius 1 is 1.45 bits per heavy atom. The molecule has 158 valence electrons. The number of esters is 2. The summed E-state index contributed by atoms with van der Waals surface area (Å²) in [5.41, 5.74) is -0.570. The van der Waals surface area contributed by atoms with E-state index in [-0.39, 0.29) is 41.2 Å². The van der Waals surface area contributed by atoms with Crippen molar-refractivity contribution in [3.05, 3.63) is 24.3 Å². The van der Waals surface area contributed by atoms with E-state index >= 15 is 0 Å². The van der Waals surface area contributed by atoms with E-state index in [0.29, 0.717) is 5.92 Å². The van der Waals surface area contributed by atoms with Gasteiger partial charge in [0.05, 0.1) is 19.1 Å². The second-order valence-electron chi connectivity index (χ2n) is 11.1. The molecule has 3 saturated carbocycles. The molecule has 0 N–H and O–H groups in total. The molecule has 5 aliphatic rings. The van der Waals surface area contributed by atoms with E-state index in [1.54, 1.807) is 0 Å². The van der Waals surface area contributed by atoms with Gasteiger partial charge in [0, 0.05) is 11.8 Å². The summed E-state index contributed by atoms with van der Waals surface area (Å²) < 4.78 is 18.1. The van der Waals surface area contributed by atoms with Crippen molar-refractivity contribution >= 4 is 20.3 Å². The number of carbonyl (C=O) groups excluding carboxylic acids is 2. The average molecular weight is 425 g/mol. The van der Waals surface area contributed by atoms with Crippen molar-refractivity contribution in [2.75, 3.05) is 7.11 Å². The summed E-state index contributed by atoms with van der Waals surface area (Å²) in [6, 6.07) is 0. The Balaban J connectivity index is 1.70. The van der Waals surface area contributed by atoms with Crippen LogP contribution in [0.25, 0.3) is 0 Å². The number of hydrogen-bond donors (Lipinski definition) is 0. The number of hydrogen-bond acceptors (Lipinski definition) is 5. The lowest BCUT2D eigenvalue weighted by Gasteiger charge is -2.43. The summed E-state index contributed by atoms with van der Waals surface area (Å²) in [5.74, 6) is -0.448. The summed E-state index contributed by atoms with van der Waals surface area (Å²) in [6.07, 6.45) is 7.59. The summed E-state index contributed by atoms with van der Waals surface area (Å²) in [5, 5.41) is 0. The molecular weight excluding hydrogens is 392 g/mol. The molecule has 6 heteroatoms. The molecule has 8 atom stereocenters. The number of carbonyl (C=O) groups is 2. The molecule has 0 aromatic heterocycles. The zero-order valence-corrected chi connectivity index (χ0v) is 19.1. The monoisotopic (exact) mass is 424 g/mol. The molecular formula is C23H32O5Si. The summed E-state index contributed by atoms with van der Waals surface area (Å²) >= 11 is 0. The molecule has 4 bridgehead atoms. The highest BCUT2D eigenvalue weighted by atomic mass is 28.4. The Labute approximate surface area is 174 Å². The first-order valence-corrected chi connectivity index (χ1v) is 14.3. The first-order chi connectivity index (χ1) is 13.5. The SMILES string of the molecule is C=C1C[C@]23CC1[14CH2]C[C@H]2[C@]12[14CH]=CC(O[Si](C)(C)C)C(C)(C1[C@@H]3[14C](=O)OC)[14C](=O)O2. The smallest absolute Gasteiger partial charge is 0.316 e. The van der Waals surface area contributed by atoms with Gasteiger partial charge in [0.2, 0.25) is 0 Å². The summed E-state index contributed by atoms with van der Waals surface area (Å²) in [4.78, 5) is 26.7. The third-order valence-corrected chi connectivity index (χ3v) is 9.62. The normalized spacial score (nSPS) is 49.6. The third kappa shape index (κ3) is 2.20. The largest absolute Gasteiger partial charge is 0.469 e. The highest BCUT2D eigenvalue weighted by Gasteiger charge is 2.82. The van der Waals surface area contributed by atoms with Gasteiger partial charge in [-0.2, -0.15) is 0 Å². The lowest BCUT2D eigenvalue weighted by Crippen LogP contribution is -2.53. The Hall–Kier alpha value is -1.40. The predicted molar refractivity (Wildman–Crippen MR) is 110 cm³/mol. The van der Waals surface area contributed by atoms with Gasteiger partial charge < -0.3 is 13.9 Å². The number of methoxy groups -OCH3 is 1. The average Bonchev–Trinajstić information content (AvgIpc) is 3.09. The van der Waals surface area contributed by atoms with Gasteiger partial charge in [-0.15, -0.1) is 0 Å². The van der Waals surface area contributed by atoms with Gasteiger partial charge in [0.1, 0.15) is 11.0 Å². The van der Waals surface area contributed by atoms with Crippen LogP contribution in [0.2, 0.25) is 19.6 Å². The van der Waals surface area contributed by atoms with Gasteiger partial charge in [0.25, 0.3) is 0 Å². The number of fused-ring (bicyclic) bond motifs is 1. The molecule has 0 radical (unpaired) electrons. The minimum absolute atomic E-state index is 0.134. The predicted octanol–water partition coefficient (Wildman–Crippen LogP) is 3.86. The molecule has 1 heterocycles. The van der Waals surface area contributed by atoms with Gasteiger partial charge in [-0.1, -0.05) is 18.2 Å². The minimum Gasteiger partial charge on any atom is -0.469 e. The van der Waals surface area contributed by atoms with Crippen LogP contribution in [0.5, 0.6) is 0 Å². The molecule has 4 fully saturated rings. The fourth-order valence-electron chi connectivity index (χ4n) is 7.78. The maximum Gasteiger partial charge on any atom is 0.316 e. The van der Waals surface area contributed by atoms with Gasteiger partial charge in [-0.25, -0.2) is 0 Å². The summed E-state index contributed by atoms with van der Waals surface area (Å²) in [6.45, 7) is 12.7. The second kappa shape index (κ2) is 5.64. The van der Waals surface area contributed by atoms with Crippen LogP contribution in [0.15, 0.2) is 24.3 Å². The molecule has 1 aliphatic heterocycles. The standard InChI is InChI=1S/C23H32O5Si/c1-13-11-22-12-14(13)7-8-15(22)23-10-9-16(28-29(4,5)6)21(2,20(25)27-23)18(23)17(22)19(24)26-3/h9-10,14-18H,1,7-8,11-12H2,2-6H3/t14?,15-,16?,17-,18?,21?,22+,23-/m1/s1/i7+2,10+2,19+2,20+2. The van der Waals surface area contributed by atoms with Crippen molar-refractivity contribution in [2.45, 2.75) is 64.0 Å². The van der Waals surface area contributed by atoms with Gasteiger partial charge >= 0.3 is 11.9 Å². The van der Waals surface area contributed by atoms with E-state index in [2.05, 4.69) is 38.4 Å². The van der Waals surface area contributed by atoms with E-state index < -0.39 is 19.3 Å². The third-order valence-electron chi connectivity index (χ3n) is 8.65. The maximum absolute atomic E-state index is 13.4. The highest BCUT2D eigenvalue weighted by molar-refractivity contribution is 6.69. The topological polar surface area (TPSA) is 61.8 Å². The molecule has 0 aromatic carbocycles. The number of rotatable bonds is 3. The van der Waals surface area contributed by atoms with Crippen LogP contribution in [-0.4, -0.2) is 39.1 Å². The van der Waals surface area contributed by atoms with Crippen LogP contribution in [0.1, 0.15) is 32.6 Å². The number of allylic oxidation sites excluding steroid dienone is 1. The van der Waals surface area contributed by atoms with Crippen molar-refractivity contribution in [3.63, 3.8) is 0 Å². The van der Waals surface area contributed by atoms with Crippen molar-refractivity contribution in [1.29, 1.82) is 0 Å². The Bertz CT molecular complexity index is 843. The second-order valence-corrected chi connectivity index (χ2v) is 15.6. The highest BCUT2D eigenvalue weighted by Crippen LogP contribution is 2.77. The maximum atomic E-state index is 13.4. The van der Waals surface area contributed by atoms with Crippen LogP contribution in [-0.2, 0) is 23.5 Å². The van der Waals surface area contributed by atoms with Crippen molar-refractivity contribution in [1.82, 2.24) is 0 Å². The molecule has 1 spiro atoms. The zero-order valence-electron chi connectivity index (χ0n) is 18.1. The molecule has 0 amide bonds. The van der Waals surface area contributed by atoms with E-state index in [0.717, 1.165) is 25.7 Å². The van der Waals surface area contributed by atoms with Gasteiger partial charge in [-0.05, 0) is 69.7 Å². The lowest BCUT2D eigenvalue weighted by atomic mass is 9.69. The molecule has 1 saturated heterocycles. The van der Waals surface area contributed by atoms with E-state index in [1.165, 1.54) is 12.7 Å². The van der Waals surface area contributed by atoms with Crippen molar-refractivity contribution in [3.8, 4) is 0 Å². The van der Waals surface area contributed by atoms with Crippen LogP contribution in [0.4, 0.5) is 0 Å². The molecule has 4 unspecified atom stereocenters. The van der Waals surface area contributed by atoms with Crippen LogP contribution < -0.4 is 0 Å². The molecule has 0 aromatic rings. The Morgan fingerprint density at radius 2 is 2.17 bits per heavy atom. The first kappa shape index (κ1) is 19.6. The zero-order chi connectivity index (χ0) is 21.0. The molecule has 5 nitrogen and oxygen atoms in total. The Kier molecular flexibility index (Phi) is 3.80. The molecule has 5 rings (SSSR count).